The summed E-state index contributed by atoms with van der Waals surface area (Å²) < 4.78 is 0. The molecule has 2 N–H and O–H groups in total. The van der Waals surface area contributed by atoms with Crippen LogP contribution < -0.4 is 15.5 Å². The Bertz CT molecular complexity index is 418. The van der Waals surface area contributed by atoms with Crippen LogP contribution in [0.25, 0.3) is 0 Å². The zero-order chi connectivity index (χ0) is 14.4. The molecule has 0 aliphatic heterocycles. The molecule has 0 aromatic carbocycles. The van der Waals surface area contributed by atoms with Crippen molar-refractivity contribution in [2.45, 2.75) is 12.1 Å². The standard InChI is InChI=1S/C12H21N5OS/c1-8(11(18)14-3)7-17(4)10-6-9(13-2)15-12(16-10)19-5/h6,8H,7H2,1-5H3,(H,14,18)(H,13,15,16). The number of nitrogens with one attached hydrogen (secondary N) is 2. The lowest BCUT2D eigenvalue weighted by molar-refractivity contribution is -0.123. The van der Waals surface area contributed by atoms with Crippen molar-refractivity contribution in [3.8, 4) is 0 Å². The van der Waals surface area contributed by atoms with Gasteiger partial charge in [0.2, 0.25) is 5.91 Å². The lowest BCUT2D eigenvalue weighted by atomic mass is 10.1. The number of aromatic nitrogens is 2. The van der Waals surface area contributed by atoms with Crippen molar-refractivity contribution in [2.75, 3.05) is 44.2 Å². The predicted octanol–water partition coefficient (Wildman–Crippen LogP) is 1.06. The molecule has 1 rings (SSSR count). The molecule has 1 aromatic heterocycles. The highest BCUT2D eigenvalue weighted by atomic mass is 32.2. The van der Waals surface area contributed by atoms with Crippen LogP contribution in [0, 0.1) is 5.92 Å². The molecule has 1 atom stereocenters. The van der Waals surface area contributed by atoms with Gasteiger partial charge in [0.15, 0.2) is 5.16 Å². The Balaban J connectivity index is 2.86. The zero-order valence-corrected chi connectivity index (χ0v) is 12.8. The number of nitrogens with zero attached hydrogens (tertiary/aromatic N) is 3. The lowest BCUT2D eigenvalue weighted by Crippen LogP contribution is -2.34. The smallest absolute Gasteiger partial charge is 0.224 e. The fourth-order valence-corrected chi connectivity index (χ4v) is 2.04. The minimum absolute atomic E-state index is 0.0276. The van der Waals surface area contributed by atoms with E-state index in [-0.39, 0.29) is 11.8 Å². The molecule has 1 heterocycles. The summed E-state index contributed by atoms with van der Waals surface area (Å²) in [4.78, 5) is 22.3. The summed E-state index contributed by atoms with van der Waals surface area (Å²) in [6, 6.07) is 1.87. The summed E-state index contributed by atoms with van der Waals surface area (Å²) >= 11 is 1.49. The number of hydrogen-bond donors (Lipinski definition) is 2. The van der Waals surface area contributed by atoms with Crippen LogP contribution in [0.4, 0.5) is 11.6 Å². The number of thioether (sulfide) groups is 1. The van der Waals surface area contributed by atoms with Gasteiger partial charge >= 0.3 is 0 Å². The Kier molecular flexibility index (Phi) is 5.88. The number of carbonyl (C=O) groups is 1. The fraction of sp³-hybridized carbons (Fsp3) is 0.583. The van der Waals surface area contributed by atoms with Gasteiger partial charge in [0.25, 0.3) is 0 Å². The van der Waals surface area contributed by atoms with Crippen LogP contribution in [-0.2, 0) is 4.79 Å². The Morgan fingerprint density at radius 3 is 2.68 bits per heavy atom. The van der Waals surface area contributed by atoms with E-state index in [2.05, 4.69) is 20.6 Å². The molecule has 0 radical (unpaired) electrons. The highest BCUT2D eigenvalue weighted by Gasteiger charge is 2.15. The Morgan fingerprint density at radius 1 is 1.47 bits per heavy atom. The van der Waals surface area contributed by atoms with Gasteiger partial charge in [0.05, 0.1) is 5.92 Å². The van der Waals surface area contributed by atoms with Crippen LogP contribution in [0.3, 0.4) is 0 Å². The van der Waals surface area contributed by atoms with Crippen LogP contribution in [0.5, 0.6) is 0 Å². The number of rotatable bonds is 6. The molecule has 19 heavy (non-hydrogen) atoms. The van der Waals surface area contributed by atoms with Crippen molar-refractivity contribution in [1.82, 2.24) is 15.3 Å². The van der Waals surface area contributed by atoms with Gasteiger partial charge in [0, 0.05) is 33.8 Å². The number of anilines is 2. The SMILES string of the molecule is CNC(=O)C(C)CN(C)c1cc(NC)nc(SC)n1. The van der Waals surface area contributed by atoms with E-state index in [1.807, 2.05) is 38.2 Å². The molecular weight excluding hydrogens is 262 g/mol. The first kappa shape index (κ1) is 15.6. The van der Waals surface area contributed by atoms with E-state index in [0.29, 0.717) is 11.7 Å². The Labute approximate surface area is 118 Å². The van der Waals surface area contributed by atoms with E-state index < -0.39 is 0 Å². The second-order valence-corrected chi connectivity index (χ2v) is 5.02. The first-order valence-electron chi connectivity index (χ1n) is 6.05. The molecule has 1 amide bonds. The Morgan fingerprint density at radius 2 is 2.16 bits per heavy atom. The van der Waals surface area contributed by atoms with Gasteiger partial charge in [-0.05, 0) is 6.26 Å². The topological polar surface area (TPSA) is 70.2 Å². The molecule has 7 heteroatoms. The molecule has 0 spiro atoms. The minimum Gasteiger partial charge on any atom is -0.373 e. The van der Waals surface area contributed by atoms with Gasteiger partial charge in [0.1, 0.15) is 11.6 Å². The summed E-state index contributed by atoms with van der Waals surface area (Å²) in [5.74, 6) is 1.51. The summed E-state index contributed by atoms with van der Waals surface area (Å²) in [6.45, 7) is 2.50. The average Bonchev–Trinajstić information content (AvgIpc) is 2.45. The van der Waals surface area contributed by atoms with Crippen LogP contribution in [0.15, 0.2) is 11.2 Å². The fourth-order valence-electron chi connectivity index (χ4n) is 1.66. The van der Waals surface area contributed by atoms with E-state index in [1.54, 1.807) is 7.05 Å². The summed E-state index contributed by atoms with van der Waals surface area (Å²) in [7, 11) is 5.39. The second kappa shape index (κ2) is 7.18. The molecule has 106 valence electrons. The maximum Gasteiger partial charge on any atom is 0.224 e. The van der Waals surface area contributed by atoms with Crippen molar-refractivity contribution in [3.05, 3.63) is 6.07 Å². The van der Waals surface area contributed by atoms with Gasteiger partial charge in [-0.1, -0.05) is 18.7 Å². The highest BCUT2D eigenvalue weighted by molar-refractivity contribution is 7.98. The highest BCUT2D eigenvalue weighted by Crippen LogP contribution is 2.20. The molecule has 1 unspecified atom stereocenters. The van der Waals surface area contributed by atoms with Crippen LogP contribution in [0.2, 0.25) is 0 Å². The zero-order valence-electron chi connectivity index (χ0n) is 12.0. The molecule has 0 fully saturated rings. The van der Waals surface area contributed by atoms with E-state index in [9.17, 15) is 4.79 Å². The van der Waals surface area contributed by atoms with Gasteiger partial charge in [-0.25, -0.2) is 9.97 Å². The number of amides is 1. The average molecular weight is 283 g/mol. The van der Waals surface area contributed by atoms with Gasteiger partial charge in [-0.3, -0.25) is 4.79 Å². The molecule has 0 aliphatic carbocycles. The maximum atomic E-state index is 11.5. The first-order valence-corrected chi connectivity index (χ1v) is 7.27. The molecule has 0 saturated heterocycles. The van der Waals surface area contributed by atoms with Crippen LogP contribution in [0.1, 0.15) is 6.92 Å². The summed E-state index contributed by atoms with van der Waals surface area (Å²) in [5, 5.41) is 6.38. The quantitative estimate of drug-likeness (QED) is 0.601. The monoisotopic (exact) mass is 283 g/mol. The molecule has 0 saturated carbocycles. The van der Waals surface area contributed by atoms with Gasteiger partial charge in [-0.15, -0.1) is 0 Å². The van der Waals surface area contributed by atoms with Crippen molar-refractivity contribution in [1.29, 1.82) is 0 Å². The largest absolute Gasteiger partial charge is 0.373 e. The third-order valence-corrected chi connectivity index (χ3v) is 3.31. The second-order valence-electron chi connectivity index (χ2n) is 4.24. The van der Waals surface area contributed by atoms with Crippen molar-refractivity contribution < 1.29 is 4.79 Å². The molecule has 0 aliphatic rings. The summed E-state index contributed by atoms with van der Waals surface area (Å²) in [5.41, 5.74) is 0. The third-order valence-electron chi connectivity index (χ3n) is 2.76. The predicted molar refractivity (Wildman–Crippen MR) is 79.9 cm³/mol. The molecular formula is C12H21N5OS. The number of carbonyl (C=O) groups excluding carboxylic acids is 1. The van der Waals surface area contributed by atoms with Crippen molar-refractivity contribution in [3.63, 3.8) is 0 Å². The maximum absolute atomic E-state index is 11.5. The Hall–Kier alpha value is -1.50. The van der Waals surface area contributed by atoms with E-state index >= 15 is 0 Å². The molecule has 0 bridgehead atoms. The van der Waals surface area contributed by atoms with Crippen molar-refractivity contribution >= 4 is 29.3 Å². The van der Waals surface area contributed by atoms with E-state index in [4.69, 9.17) is 0 Å². The van der Waals surface area contributed by atoms with Crippen LogP contribution >= 0.6 is 11.8 Å². The lowest BCUT2D eigenvalue weighted by Gasteiger charge is -2.22. The van der Waals surface area contributed by atoms with Gasteiger partial charge < -0.3 is 15.5 Å². The number of hydrogen-bond acceptors (Lipinski definition) is 6. The third kappa shape index (κ3) is 4.27. The van der Waals surface area contributed by atoms with Crippen LogP contribution in [-0.4, -0.2) is 49.8 Å². The normalized spacial score (nSPS) is 11.8. The van der Waals surface area contributed by atoms with E-state index in [0.717, 1.165) is 11.6 Å². The minimum atomic E-state index is -0.0965. The molecule has 1 aromatic rings. The van der Waals surface area contributed by atoms with Crippen molar-refractivity contribution in [2.24, 2.45) is 5.92 Å². The first-order chi connectivity index (χ1) is 9.01. The summed E-state index contributed by atoms with van der Waals surface area (Å²) in [6.07, 6.45) is 1.94. The van der Waals surface area contributed by atoms with E-state index in [1.165, 1.54) is 11.8 Å². The van der Waals surface area contributed by atoms with Gasteiger partial charge in [-0.2, -0.15) is 0 Å². The molecule has 6 nitrogen and oxygen atoms in total.